The second-order valence-electron chi connectivity index (χ2n) is 16.0. The van der Waals surface area contributed by atoms with E-state index in [4.69, 9.17) is 0 Å². The van der Waals surface area contributed by atoms with Crippen molar-refractivity contribution >= 4 is 59.9 Å². The molecule has 9 aromatic carbocycles. The van der Waals surface area contributed by atoms with Gasteiger partial charge in [-0.3, -0.25) is 0 Å². The number of hydrogen-bond acceptors (Lipinski definition) is 0. The summed E-state index contributed by atoms with van der Waals surface area (Å²) in [5.74, 6) is 0. The van der Waals surface area contributed by atoms with Crippen LogP contribution in [0.2, 0.25) is 0 Å². The quantitative estimate of drug-likeness (QED) is 0.168. The van der Waals surface area contributed by atoms with Crippen molar-refractivity contribution in [1.82, 2.24) is 8.97 Å². The van der Waals surface area contributed by atoms with Gasteiger partial charge in [-0.2, -0.15) is 0 Å². The number of para-hydroxylation sites is 3. The Hall–Kier alpha value is -7.42. The highest BCUT2D eigenvalue weighted by molar-refractivity contribution is 6.23. The Morgan fingerprint density at radius 3 is 1.51 bits per heavy atom. The minimum Gasteiger partial charge on any atom is -0.309 e. The van der Waals surface area contributed by atoms with Gasteiger partial charge in [-0.05, 0) is 98.1 Å². The third-order valence-corrected chi connectivity index (χ3v) is 13.5. The highest BCUT2D eigenvalue weighted by atomic mass is 15.0. The average molecular weight is 721 g/mol. The standard InChI is InChI=1S/C55H32N2/c1-6-19-46-36(12-1)37-13-2-7-20-47(37)55(46)48-21-8-3-14-38(48)39-28-26-35(32-49(39)55)56-50-22-9-5-16-41(50)45-30-33(25-29-52(45)56)34-24-27-42-44-18-11-17-43-40-15-4-10-23-51(40)57(54(43)44)53(42)31-34/h1-32H. The summed E-state index contributed by atoms with van der Waals surface area (Å²) in [4.78, 5) is 0. The maximum atomic E-state index is 2.49. The van der Waals surface area contributed by atoms with E-state index in [9.17, 15) is 0 Å². The molecule has 0 aliphatic heterocycles. The molecule has 0 radical (unpaired) electrons. The molecule has 0 unspecified atom stereocenters. The first-order valence-electron chi connectivity index (χ1n) is 19.9. The molecule has 0 bridgehead atoms. The maximum absolute atomic E-state index is 2.49. The molecule has 2 heteroatoms. The van der Waals surface area contributed by atoms with E-state index in [0.717, 1.165) is 0 Å². The monoisotopic (exact) mass is 720 g/mol. The lowest BCUT2D eigenvalue weighted by atomic mass is 9.70. The summed E-state index contributed by atoms with van der Waals surface area (Å²) in [6.45, 7) is 0. The van der Waals surface area contributed by atoms with E-state index in [2.05, 4.69) is 203 Å². The molecule has 1 spiro atoms. The molecule has 0 fully saturated rings. The van der Waals surface area contributed by atoms with E-state index in [1.54, 1.807) is 0 Å². The Labute approximate surface area is 328 Å². The topological polar surface area (TPSA) is 9.34 Å². The van der Waals surface area contributed by atoms with Crippen molar-refractivity contribution in [2.75, 3.05) is 0 Å². The van der Waals surface area contributed by atoms with Crippen LogP contribution in [0.4, 0.5) is 0 Å². The summed E-state index contributed by atoms with van der Waals surface area (Å²) in [5.41, 5.74) is 20.3. The molecular formula is C55H32N2. The van der Waals surface area contributed by atoms with Crippen LogP contribution in [0.5, 0.6) is 0 Å². The van der Waals surface area contributed by atoms with E-state index < -0.39 is 0 Å². The number of nitrogens with zero attached hydrogens (tertiary/aromatic N) is 2. The van der Waals surface area contributed by atoms with Crippen LogP contribution >= 0.6 is 0 Å². The summed E-state index contributed by atoms with van der Waals surface area (Å²) >= 11 is 0. The Balaban J connectivity index is 0.994. The Morgan fingerprint density at radius 1 is 0.298 bits per heavy atom. The first-order valence-corrected chi connectivity index (χ1v) is 19.9. The number of rotatable bonds is 2. The van der Waals surface area contributed by atoms with Gasteiger partial charge in [-0.15, -0.1) is 0 Å². The van der Waals surface area contributed by atoms with Crippen molar-refractivity contribution in [3.05, 3.63) is 216 Å². The zero-order valence-corrected chi connectivity index (χ0v) is 30.9. The SMILES string of the molecule is c1ccc2c(c1)-c1ccccc1C21c2ccccc2-c2ccc(-n3c4ccccc4c4cc(-c5ccc6c7cccc8c9ccccc9n(c6c5)c87)ccc43)cc21. The molecule has 0 saturated heterocycles. The smallest absolute Gasteiger partial charge is 0.0726 e. The van der Waals surface area contributed by atoms with E-state index in [-0.39, 0.29) is 5.41 Å². The molecule has 2 aliphatic carbocycles. The van der Waals surface area contributed by atoms with Crippen molar-refractivity contribution in [1.29, 1.82) is 0 Å². The molecule has 2 nitrogen and oxygen atoms in total. The van der Waals surface area contributed by atoms with Crippen LogP contribution in [-0.2, 0) is 5.41 Å². The molecule has 14 rings (SSSR count). The van der Waals surface area contributed by atoms with Crippen LogP contribution in [0, 0.1) is 0 Å². The lowest BCUT2D eigenvalue weighted by Crippen LogP contribution is -2.26. The van der Waals surface area contributed by atoms with Gasteiger partial charge in [0, 0.05) is 38.0 Å². The number of benzene rings is 9. The van der Waals surface area contributed by atoms with E-state index in [1.165, 1.54) is 121 Å². The largest absolute Gasteiger partial charge is 0.309 e. The molecule has 12 aromatic rings. The van der Waals surface area contributed by atoms with Gasteiger partial charge in [-0.1, -0.05) is 152 Å². The summed E-state index contributed by atoms with van der Waals surface area (Å²) in [6.07, 6.45) is 0. The van der Waals surface area contributed by atoms with Gasteiger partial charge in [0.25, 0.3) is 0 Å². The van der Waals surface area contributed by atoms with Crippen LogP contribution in [0.1, 0.15) is 22.3 Å². The zero-order chi connectivity index (χ0) is 37.0. The predicted molar refractivity (Wildman–Crippen MR) is 237 cm³/mol. The number of hydrogen-bond donors (Lipinski definition) is 0. The van der Waals surface area contributed by atoms with E-state index in [0.29, 0.717) is 0 Å². The third kappa shape index (κ3) is 3.54. The van der Waals surface area contributed by atoms with Gasteiger partial charge in [0.1, 0.15) is 0 Å². The predicted octanol–water partition coefficient (Wildman–Crippen LogP) is 13.9. The molecule has 262 valence electrons. The van der Waals surface area contributed by atoms with Crippen LogP contribution in [0.25, 0.3) is 99.0 Å². The highest BCUT2D eigenvalue weighted by Crippen LogP contribution is 2.63. The Morgan fingerprint density at radius 2 is 0.807 bits per heavy atom. The van der Waals surface area contributed by atoms with Crippen LogP contribution in [0.3, 0.4) is 0 Å². The average Bonchev–Trinajstić information content (AvgIpc) is 4.05. The number of fused-ring (bicyclic) bond motifs is 19. The van der Waals surface area contributed by atoms with Crippen molar-refractivity contribution in [2.45, 2.75) is 5.41 Å². The maximum Gasteiger partial charge on any atom is 0.0726 e. The van der Waals surface area contributed by atoms with E-state index in [1.807, 2.05) is 0 Å². The summed E-state index contributed by atoms with van der Waals surface area (Å²) < 4.78 is 4.96. The first-order chi connectivity index (χ1) is 28.3. The molecule has 3 heterocycles. The molecule has 0 atom stereocenters. The van der Waals surface area contributed by atoms with Crippen molar-refractivity contribution in [3.8, 4) is 39.1 Å². The van der Waals surface area contributed by atoms with Crippen LogP contribution in [0.15, 0.2) is 194 Å². The molecule has 2 aliphatic rings. The van der Waals surface area contributed by atoms with Gasteiger partial charge in [0.2, 0.25) is 0 Å². The summed E-state index contributed by atoms with van der Waals surface area (Å²) in [6, 6.07) is 72.9. The minimum atomic E-state index is -0.384. The van der Waals surface area contributed by atoms with Crippen molar-refractivity contribution < 1.29 is 0 Å². The molecular weight excluding hydrogens is 689 g/mol. The molecule has 3 aromatic heterocycles. The number of aromatic nitrogens is 2. The minimum absolute atomic E-state index is 0.384. The highest BCUT2D eigenvalue weighted by Gasteiger charge is 2.51. The normalized spacial score (nSPS) is 13.8. The van der Waals surface area contributed by atoms with Crippen LogP contribution in [-0.4, -0.2) is 8.97 Å². The van der Waals surface area contributed by atoms with Gasteiger partial charge in [-0.25, -0.2) is 0 Å². The molecule has 0 saturated carbocycles. The molecule has 0 amide bonds. The summed E-state index contributed by atoms with van der Waals surface area (Å²) in [5, 5.41) is 7.76. The van der Waals surface area contributed by atoms with Gasteiger partial charge in [0.05, 0.1) is 33.0 Å². The van der Waals surface area contributed by atoms with Gasteiger partial charge < -0.3 is 8.97 Å². The molecule has 0 N–H and O–H groups in total. The third-order valence-electron chi connectivity index (χ3n) is 13.5. The first kappa shape index (κ1) is 29.9. The second kappa shape index (κ2) is 10.5. The molecule has 57 heavy (non-hydrogen) atoms. The van der Waals surface area contributed by atoms with Crippen molar-refractivity contribution in [2.24, 2.45) is 0 Å². The van der Waals surface area contributed by atoms with E-state index >= 15 is 0 Å². The fraction of sp³-hybridized carbons (Fsp3) is 0.0182. The Kier molecular flexibility index (Phi) is 5.48. The van der Waals surface area contributed by atoms with Gasteiger partial charge in [0.15, 0.2) is 0 Å². The Bertz CT molecular complexity index is 3640. The van der Waals surface area contributed by atoms with Crippen LogP contribution < -0.4 is 0 Å². The lowest BCUT2D eigenvalue weighted by Gasteiger charge is -2.30. The van der Waals surface area contributed by atoms with Crippen molar-refractivity contribution in [3.63, 3.8) is 0 Å². The fourth-order valence-electron chi connectivity index (χ4n) is 11.3. The van der Waals surface area contributed by atoms with Gasteiger partial charge >= 0.3 is 0 Å². The fourth-order valence-corrected chi connectivity index (χ4v) is 11.3. The lowest BCUT2D eigenvalue weighted by molar-refractivity contribution is 0.792. The second-order valence-corrected chi connectivity index (χ2v) is 16.0. The zero-order valence-electron chi connectivity index (χ0n) is 30.9. The summed E-state index contributed by atoms with van der Waals surface area (Å²) in [7, 11) is 0.